The first-order chi connectivity index (χ1) is 9.36. The lowest BCUT2D eigenvalue weighted by atomic mass is 9.92. The molecule has 116 valence electrons. The molecule has 1 aliphatic rings. The molecule has 2 amide bonds. The number of carbonyl (C=O) groups is 2. The summed E-state index contributed by atoms with van der Waals surface area (Å²) < 4.78 is 0. The Morgan fingerprint density at radius 2 is 1.80 bits per heavy atom. The van der Waals surface area contributed by atoms with Crippen molar-refractivity contribution in [3.05, 3.63) is 0 Å². The monoisotopic (exact) mass is 283 g/mol. The summed E-state index contributed by atoms with van der Waals surface area (Å²) in [6.45, 7) is 5.98. The molecule has 0 bridgehead atoms. The Balaban J connectivity index is 2.51. The van der Waals surface area contributed by atoms with Crippen LogP contribution in [0, 0.1) is 17.8 Å². The molecule has 1 unspecified atom stereocenters. The summed E-state index contributed by atoms with van der Waals surface area (Å²) in [6, 6.07) is 0. The molecule has 0 aromatic rings. The second-order valence-electron chi connectivity index (χ2n) is 6.39. The fraction of sp³-hybridized carbons (Fsp3) is 0.867. The van der Waals surface area contributed by atoms with Gasteiger partial charge in [0.25, 0.3) is 0 Å². The number of rotatable bonds is 5. The van der Waals surface area contributed by atoms with Crippen molar-refractivity contribution in [2.24, 2.45) is 23.5 Å². The van der Waals surface area contributed by atoms with Crippen molar-refractivity contribution in [3.63, 3.8) is 0 Å². The smallest absolute Gasteiger partial charge is 0.226 e. The highest BCUT2D eigenvalue weighted by Gasteiger charge is 2.30. The number of hydrogen-bond donors (Lipinski definition) is 1. The lowest BCUT2D eigenvalue weighted by Crippen LogP contribution is -2.46. The number of likely N-dealkylation sites (tertiary alicyclic amines) is 1. The Labute approximate surface area is 122 Å². The third kappa shape index (κ3) is 4.47. The predicted molar refractivity (Wildman–Crippen MR) is 80.0 cm³/mol. The molecule has 1 aliphatic heterocycles. The Bertz CT molecular complexity index is 334. The molecule has 0 spiro atoms. The van der Waals surface area contributed by atoms with Gasteiger partial charge in [0.05, 0.1) is 5.92 Å². The molecule has 5 nitrogen and oxygen atoms in total. The van der Waals surface area contributed by atoms with Crippen molar-refractivity contribution >= 4 is 11.8 Å². The standard InChI is InChI=1S/C15H29N3O2/c1-11(2)9-13(10-16)15(20)18-7-5-12(6-8-18)14(19)17(3)4/h11-13H,5-10,16H2,1-4H3. The molecule has 1 heterocycles. The molecule has 0 aromatic heterocycles. The van der Waals surface area contributed by atoms with Gasteiger partial charge in [0.1, 0.15) is 0 Å². The van der Waals surface area contributed by atoms with E-state index in [2.05, 4.69) is 13.8 Å². The minimum atomic E-state index is -0.0731. The van der Waals surface area contributed by atoms with E-state index in [1.54, 1.807) is 19.0 Å². The molecule has 2 N–H and O–H groups in total. The normalized spacial score (nSPS) is 18.2. The molecule has 1 rings (SSSR count). The molecule has 0 aromatic carbocycles. The van der Waals surface area contributed by atoms with E-state index in [-0.39, 0.29) is 23.7 Å². The second-order valence-corrected chi connectivity index (χ2v) is 6.39. The summed E-state index contributed by atoms with van der Waals surface area (Å²) in [7, 11) is 3.57. The van der Waals surface area contributed by atoms with Crippen LogP contribution < -0.4 is 5.73 Å². The third-order valence-corrected chi connectivity index (χ3v) is 3.99. The molecular formula is C15H29N3O2. The van der Waals surface area contributed by atoms with Gasteiger partial charge in [-0.05, 0) is 25.2 Å². The third-order valence-electron chi connectivity index (χ3n) is 3.99. The van der Waals surface area contributed by atoms with Crippen molar-refractivity contribution in [2.75, 3.05) is 33.7 Å². The van der Waals surface area contributed by atoms with Gasteiger partial charge < -0.3 is 15.5 Å². The number of piperidine rings is 1. The maximum Gasteiger partial charge on any atom is 0.226 e. The van der Waals surface area contributed by atoms with Gasteiger partial charge in [0, 0.05) is 39.6 Å². The Morgan fingerprint density at radius 1 is 1.25 bits per heavy atom. The highest BCUT2D eigenvalue weighted by Crippen LogP contribution is 2.22. The summed E-state index contributed by atoms with van der Waals surface area (Å²) in [5, 5.41) is 0. The second kappa shape index (κ2) is 7.62. The van der Waals surface area contributed by atoms with E-state index in [0.717, 1.165) is 19.3 Å². The van der Waals surface area contributed by atoms with E-state index in [4.69, 9.17) is 5.73 Å². The van der Waals surface area contributed by atoms with Crippen molar-refractivity contribution in [1.82, 2.24) is 9.80 Å². The summed E-state index contributed by atoms with van der Waals surface area (Å²) in [4.78, 5) is 27.9. The molecule has 0 aliphatic carbocycles. The summed E-state index contributed by atoms with van der Waals surface area (Å²) in [6.07, 6.45) is 2.37. The minimum absolute atomic E-state index is 0.0653. The number of carbonyl (C=O) groups excluding carboxylic acids is 2. The maximum absolute atomic E-state index is 12.4. The quantitative estimate of drug-likeness (QED) is 0.816. The zero-order chi connectivity index (χ0) is 15.3. The van der Waals surface area contributed by atoms with Crippen LogP contribution in [0.4, 0.5) is 0 Å². The predicted octanol–water partition coefficient (Wildman–Crippen LogP) is 0.934. The highest BCUT2D eigenvalue weighted by molar-refractivity contribution is 5.81. The average molecular weight is 283 g/mol. The van der Waals surface area contributed by atoms with Gasteiger partial charge in [0.2, 0.25) is 11.8 Å². The first kappa shape index (κ1) is 17.0. The van der Waals surface area contributed by atoms with Gasteiger partial charge in [-0.15, -0.1) is 0 Å². The van der Waals surface area contributed by atoms with E-state index < -0.39 is 0 Å². The first-order valence-corrected chi connectivity index (χ1v) is 7.56. The number of amides is 2. The van der Waals surface area contributed by atoms with Crippen LogP contribution in [0.25, 0.3) is 0 Å². The van der Waals surface area contributed by atoms with Gasteiger partial charge in [-0.3, -0.25) is 9.59 Å². The fourth-order valence-corrected chi connectivity index (χ4v) is 2.84. The summed E-state index contributed by atoms with van der Waals surface area (Å²) >= 11 is 0. The molecule has 20 heavy (non-hydrogen) atoms. The average Bonchev–Trinajstić information content (AvgIpc) is 2.43. The number of nitrogens with two attached hydrogens (primary N) is 1. The molecular weight excluding hydrogens is 254 g/mol. The van der Waals surface area contributed by atoms with E-state index in [1.807, 2.05) is 4.90 Å². The van der Waals surface area contributed by atoms with Crippen LogP contribution in [0.1, 0.15) is 33.1 Å². The van der Waals surface area contributed by atoms with E-state index in [9.17, 15) is 9.59 Å². The van der Waals surface area contributed by atoms with Crippen molar-refractivity contribution in [2.45, 2.75) is 33.1 Å². The number of nitrogens with zero attached hydrogens (tertiary/aromatic N) is 2. The van der Waals surface area contributed by atoms with Crippen LogP contribution in [-0.2, 0) is 9.59 Å². The zero-order valence-electron chi connectivity index (χ0n) is 13.3. The molecule has 1 saturated heterocycles. The van der Waals surface area contributed by atoms with Gasteiger partial charge >= 0.3 is 0 Å². The van der Waals surface area contributed by atoms with Crippen LogP contribution in [-0.4, -0.2) is 55.3 Å². The first-order valence-electron chi connectivity index (χ1n) is 7.56. The van der Waals surface area contributed by atoms with Crippen LogP contribution >= 0.6 is 0 Å². The lowest BCUT2D eigenvalue weighted by Gasteiger charge is -2.34. The van der Waals surface area contributed by atoms with Gasteiger partial charge in [-0.1, -0.05) is 13.8 Å². The minimum Gasteiger partial charge on any atom is -0.349 e. The molecule has 1 fully saturated rings. The van der Waals surface area contributed by atoms with Crippen LogP contribution in [0.2, 0.25) is 0 Å². The molecule has 0 saturated carbocycles. The van der Waals surface area contributed by atoms with E-state index in [1.165, 1.54) is 0 Å². The Hall–Kier alpha value is -1.10. The van der Waals surface area contributed by atoms with Crippen LogP contribution in [0.5, 0.6) is 0 Å². The van der Waals surface area contributed by atoms with Crippen molar-refractivity contribution in [1.29, 1.82) is 0 Å². The van der Waals surface area contributed by atoms with Gasteiger partial charge in [0.15, 0.2) is 0 Å². The van der Waals surface area contributed by atoms with Crippen molar-refractivity contribution < 1.29 is 9.59 Å². The van der Waals surface area contributed by atoms with Crippen LogP contribution in [0.3, 0.4) is 0 Å². The lowest BCUT2D eigenvalue weighted by molar-refractivity contribution is -0.141. The van der Waals surface area contributed by atoms with E-state index >= 15 is 0 Å². The fourth-order valence-electron chi connectivity index (χ4n) is 2.84. The highest BCUT2D eigenvalue weighted by atomic mass is 16.2. The SMILES string of the molecule is CC(C)CC(CN)C(=O)N1CCC(C(=O)N(C)C)CC1. The topological polar surface area (TPSA) is 66.6 Å². The largest absolute Gasteiger partial charge is 0.349 e. The van der Waals surface area contributed by atoms with Gasteiger partial charge in [-0.25, -0.2) is 0 Å². The van der Waals surface area contributed by atoms with Crippen molar-refractivity contribution in [3.8, 4) is 0 Å². The molecule has 5 heteroatoms. The summed E-state index contributed by atoms with van der Waals surface area (Å²) in [5.41, 5.74) is 5.74. The van der Waals surface area contributed by atoms with Crippen LogP contribution in [0.15, 0.2) is 0 Å². The Kier molecular flexibility index (Phi) is 6.46. The summed E-state index contributed by atoms with van der Waals surface area (Å²) in [5.74, 6) is 0.804. The zero-order valence-corrected chi connectivity index (χ0v) is 13.3. The molecule has 1 atom stereocenters. The number of hydrogen-bond acceptors (Lipinski definition) is 3. The van der Waals surface area contributed by atoms with E-state index in [0.29, 0.717) is 25.6 Å². The Morgan fingerprint density at radius 3 is 2.20 bits per heavy atom. The maximum atomic E-state index is 12.4. The molecule has 0 radical (unpaired) electrons. The van der Waals surface area contributed by atoms with Gasteiger partial charge in [-0.2, -0.15) is 0 Å².